The third-order valence-electron chi connectivity index (χ3n) is 6.85. The number of carbonyl (C=O) groups is 7. The first-order valence-corrected chi connectivity index (χ1v) is 14.9. The molecule has 0 aromatic carbocycles. The summed E-state index contributed by atoms with van der Waals surface area (Å²) in [7, 11) is 0. The van der Waals surface area contributed by atoms with Gasteiger partial charge in [-0.15, -0.1) is 0 Å². The number of unbranched alkanes of at least 4 members (excludes halogenated alkanes) is 1. The number of aliphatic carboxylic acids is 1. The number of aliphatic hydroxyl groups is 1. The molecule has 15 N–H and O–H groups in total. The quantitative estimate of drug-likeness (QED) is 0.0311. The fraction of sp³-hybridized carbons (Fsp3) is 0.692. The maximum Gasteiger partial charge on any atom is 0.322 e. The zero-order valence-electron chi connectivity index (χ0n) is 25.7. The van der Waals surface area contributed by atoms with Crippen LogP contribution in [-0.4, -0.2) is 133 Å². The molecule has 20 heteroatoms. The number of carboxylic acid groups (broad SMARTS) is 1. The predicted octanol–water partition coefficient (Wildman–Crippen LogP) is -6.12. The van der Waals surface area contributed by atoms with Gasteiger partial charge in [-0.2, -0.15) is 0 Å². The van der Waals surface area contributed by atoms with Crippen molar-refractivity contribution in [2.75, 3.05) is 45.9 Å². The van der Waals surface area contributed by atoms with Crippen LogP contribution in [0.5, 0.6) is 0 Å². The van der Waals surface area contributed by atoms with Crippen LogP contribution < -0.4 is 49.5 Å². The molecule has 20 nitrogen and oxygen atoms in total. The van der Waals surface area contributed by atoms with Crippen molar-refractivity contribution in [3.05, 3.63) is 0 Å². The van der Waals surface area contributed by atoms with Crippen LogP contribution in [0.2, 0.25) is 0 Å². The molecule has 1 rings (SSSR count). The molecule has 1 heterocycles. The third kappa shape index (κ3) is 14.9. The Morgan fingerprint density at radius 2 is 1.52 bits per heavy atom. The first-order chi connectivity index (χ1) is 21.8. The second kappa shape index (κ2) is 21.2. The minimum atomic E-state index is -1.44. The molecule has 0 bridgehead atoms. The van der Waals surface area contributed by atoms with Crippen LogP contribution in [0.15, 0.2) is 4.99 Å². The summed E-state index contributed by atoms with van der Waals surface area (Å²) in [5.74, 6) is -5.64. The summed E-state index contributed by atoms with van der Waals surface area (Å²) < 4.78 is 0. The fourth-order valence-corrected chi connectivity index (χ4v) is 4.43. The Morgan fingerprint density at radius 1 is 0.848 bits per heavy atom. The number of hydrogen-bond donors (Lipinski definition) is 11. The molecule has 0 aliphatic carbocycles. The lowest BCUT2D eigenvalue weighted by Crippen LogP contribution is -2.55. The highest BCUT2D eigenvalue weighted by Crippen LogP contribution is 2.17. The molecule has 1 saturated heterocycles. The first-order valence-electron chi connectivity index (χ1n) is 14.9. The number of carbonyl (C=O) groups excluding carboxylic acids is 6. The minimum absolute atomic E-state index is 0.128. The number of guanidine groups is 1. The molecular weight excluding hydrogens is 610 g/mol. The van der Waals surface area contributed by atoms with Crippen molar-refractivity contribution in [3.63, 3.8) is 0 Å². The van der Waals surface area contributed by atoms with Gasteiger partial charge in [-0.1, -0.05) is 6.42 Å². The van der Waals surface area contributed by atoms with Gasteiger partial charge in [0.25, 0.3) is 0 Å². The van der Waals surface area contributed by atoms with Crippen LogP contribution in [-0.2, 0) is 33.6 Å². The van der Waals surface area contributed by atoms with Gasteiger partial charge in [0.2, 0.25) is 35.4 Å². The average Bonchev–Trinajstić information content (AvgIpc) is 3.51. The van der Waals surface area contributed by atoms with Crippen LogP contribution in [0.3, 0.4) is 0 Å². The van der Waals surface area contributed by atoms with Gasteiger partial charge >= 0.3 is 5.97 Å². The summed E-state index contributed by atoms with van der Waals surface area (Å²) in [5, 5.41) is 29.6. The topological polar surface area (TPSA) is 340 Å². The number of likely N-dealkylation sites (tertiary alicyclic amines) is 1. The fourth-order valence-electron chi connectivity index (χ4n) is 4.43. The highest BCUT2D eigenvalue weighted by molar-refractivity contribution is 5.95. The zero-order valence-corrected chi connectivity index (χ0v) is 25.7. The molecule has 260 valence electrons. The number of aliphatic imine (C=N–C) groups is 1. The molecule has 4 unspecified atom stereocenters. The van der Waals surface area contributed by atoms with Gasteiger partial charge in [0.1, 0.15) is 24.7 Å². The van der Waals surface area contributed by atoms with Crippen molar-refractivity contribution >= 4 is 47.4 Å². The van der Waals surface area contributed by atoms with Gasteiger partial charge in [0.05, 0.1) is 25.7 Å². The Bertz CT molecular complexity index is 1100. The van der Waals surface area contributed by atoms with E-state index >= 15 is 0 Å². The number of nitrogens with two attached hydrogens (primary N) is 4. The number of hydrogen-bond acceptors (Lipinski definition) is 11. The van der Waals surface area contributed by atoms with E-state index in [1.54, 1.807) is 0 Å². The first kappa shape index (κ1) is 39.5. The van der Waals surface area contributed by atoms with E-state index in [9.17, 15) is 38.7 Å². The maximum absolute atomic E-state index is 13.0. The number of rotatable bonds is 21. The largest absolute Gasteiger partial charge is 0.480 e. The second-order valence-corrected chi connectivity index (χ2v) is 10.5. The van der Waals surface area contributed by atoms with Gasteiger partial charge in [-0.05, 0) is 45.1 Å². The summed E-state index contributed by atoms with van der Waals surface area (Å²) >= 11 is 0. The molecule has 0 radical (unpaired) electrons. The Hall–Kier alpha value is -4.56. The lowest BCUT2D eigenvalue weighted by Gasteiger charge is -2.25. The third-order valence-corrected chi connectivity index (χ3v) is 6.85. The van der Waals surface area contributed by atoms with Gasteiger partial charge in [-0.25, -0.2) is 0 Å². The van der Waals surface area contributed by atoms with Crippen molar-refractivity contribution in [2.24, 2.45) is 27.9 Å². The highest BCUT2D eigenvalue weighted by atomic mass is 16.4. The normalized spacial score (nSPS) is 15.9. The Balaban J connectivity index is 2.71. The molecule has 1 fully saturated rings. The number of nitrogens with one attached hydrogen (secondary N) is 5. The standard InChI is InChI=1S/C26H47N11O9/c27-8-2-1-5-15(28)22(43)36-16(6-3-9-31-26(29)30)23(44)33-12-20(40)37-10-4-7-18(37)25(46)32-11-19(39)35-17(14-38)24(45)34-13-21(41)42/h15-18,38H,1-14,27-28H2,(H,32,46)(H,33,44)(H,34,45)(H,35,39)(H,36,43)(H,41,42)(H4,29,30,31). The highest BCUT2D eigenvalue weighted by Gasteiger charge is 2.35. The van der Waals surface area contributed by atoms with Gasteiger partial charge in [0.15, 0.2) is 5.96 Å². The second-order valence-electron chi connectivity index (χ2n) is 10.5. The molecule has 6 amide bonds. The minimum Gasteiger partial charge on any atom is -0.480 e. The summed E-state index contributed by atoms with van der Waals surface area (Å²) in [6, 6.07) is -4.29. The lowest BCUT2D eigenvalue weighted by molar-refractivity contribution is -0.139. The smallest absolute Gasteiger partial charge is 0.322 e. The number of amides is 6. The monoisotopic (exact) mass is 657 g/mol. The zero-order chi connectivity index (χ0) is 34.6. The molecule has 0 aromatic rings. The summed E-state index contributed by atoms with van der Waals surface area (Å²) in [5.41, 5.74) is 22.1. The van der Waals surface area contributed by atoms with E-state index in [1.165, 1.54) is 4.90 Å². The lowest BCUT2D eigenvalue weighted by atomic mass is 10.1. The molecule has 0 spiro atoms. The molecular formula is C26H47N11O9. The van der Waals surface area contributed by atoms with Crippen molar-refractivity contribution in [1.82, 2.24) is 31.5 Å². The molecule has 1 aliphatic rings. The van der Waals surface area contributed by atoms with E-state index in [0.717, 1.165) is 0 Å². The summed E-state index contributed by atoms with van der Waals surface area (Å²) in [6.45, 7) is -1.73. The molecule has 0 saturated carbocycles. The number of carboxylic acids is 1. The number of nitrogens with zero attached hydrogens (tertiary/aromatic N) is 2. The van der Waals surface area contributed by atoms with E-state index in [-0.39, 0.29) is 31.9 Å². The van der Waals surface area contributed by atoms with Gasteiger partial charge in [-0.3, -0.25) is 38.6 Å². The average molecular weight is 658 g/mol. The van der Waals surface area contributed by atoms with E-state index in [2.05, 4.69) is 26.3 Å². The van der Waals surface area contributed by atoms with Crippen molar-refractivity contribution < 1.29 is 43.8 Å². The SMILES string of the molecule is NCCCCC(N)C(=O)NC(CCCN=C(N)N)C(=O)NCC(=O)N1CCCC1C(=O)NCC(=O)NC(CO)C(=O)NCC(=O)O. The van der Waals surface area contributed by atoms with Crippen molar-refractivity contribution in [1.29, 1.82) is 0 Å². The predicted molar refractivity (Wildman–Crippen MR) is 163 cm³/mol. The van der Waals surface area contributed by atoms with Crippen LogP contribution in [0, 0.1) is 0 Å². The van der Waals surface area contributed by atoms with Gasteiger partial charge < -0.3 is 64.6 Å². The molecule has 4 atom stereocenters. The van der Waals surface area contributed by atoms with Crippen molar-refractivity contribution in [2.45, 2.75) is 69.1 Å². The summed E-state index contributed by atoms with van der Waals surface area (Å²) in [6.07, 6.45) is 2.93. The van der Waals surface area contributed by atoms with Crippen LogP contribution in [0.1, 0.15) is 44.9 Å². The van der Waals surface area contributed by atoms with E-state index < -0.39 is 91.8 Å². The number of aliphatic hydroxyl groups excluding tert-OH is 1. The summed E-state index contributed by atoms with van der Waals surface area (Å²) in [4.78, 5) is 91.2. The van der Waals surface area contributed by atoms with E-state index in [1.807, 2.05) is 5.32 Å². The molecule has 1 aliphatic heterocycles. The molecule has 46 heavy (non-hydrogen) atoms. The Morgan fingerprint density at radius 3 is 2.15 bits per heavy atom. The van der Waals surface area contributed by atoms with Crippen LogP contribution >= 0.6 is 0 Å². The Kier molecular flexibility index (Phi) is 18.2. The van der Waals surface area contributed by atoms with E-state index in [0.29, 0.717) is 38.6 Å². The van der Waals surface area contributed by atoms with Crippen LogP contribution in [0.25, 0.3) is 0 Å². The van der Waals surface area contributed by atoms with Crippen LogP contribution in [0.4, 0.5) is 0 Å². The van der Waals surface area contributed by atoms with Crippen molar-refractivity contribution in [3.8, 4) is 0 Å². The Labute approximate surface area is 265 Å². The maximum atomic E-state index is 13.0. The van der Waals surface area contributed by atoms with Gasteiger partial charge in [0, 0.05) is 13.1 Å². The van der Waals surface area contributed by atoms with E-state index in [4.69, 9.17) is 28.0 Å². The molecule has 0 aromatic heterocycles.